The predicted octanol–water partition coefficient (Wildman–Crippen LogP) is 1.46. The number of nitrogens with zero attached hydrogens (tertiary/aromatic N) is 1. The van der Waals surface area contributed by atoms with Crippen LogP contribution in [0.25, 0.3) is 0 Å². The van der Waals surface area contributed by atoms with Crippen molar-refractivity contribution in [2.75, 3.05) is 6.54 Å². The van der Waals surface area contributed by atoms with Gasteiger partial charge in [0.2, 0.25) is 5.91 Å². The Morgan fingerprint density at radius 3 is 2.88 bits per heavy atom. The number of rotatable bonds is 6. The molecule has 0 aliphatic carbocycles. The summed E-state index contributed by atoms with van der Waals surface area (Å²) in [5, 5.41) is 2.81. The second-order valence-electron chi connectivity index (χ2n) is 4.18. The van der Waals surface area contributed by atoms with E-state index in [9.17, 15) is 9.59 Å². The van der Waals surface area contributed by atoms with Crippen LogP contribution in [0.1, 0.15) is 31.7 Å². The highest BCUT2D eigenvalue weighted by Gasteiger charge is 2.04. The van der Waals surface area contributed by atoms with E-state index in [1.165, 1.54) is 4.57 Å². The van der Waals surface area contributed by atoms with Gasteiger partial charge in [-0.25, -0.2) is 0 Å². The molecule has 0 spiro atoms. The molecule has 1 rings (SSSR count). The van der Waals surface area contributed by atoms with Crippen LogP contribution in [-0.4, -0.2) is 17.0 Å². The SMILES string of the molecule is CCCCCNC(=O)Cn1cccc(C)c1=O. The van der Waals surface area contributed by atoms with E-state index in [-0.39, 0.29) is 18.0 Å². The molecule has 1 aromatic rings. The van der Waals surface area contributed by atoms with E-state index in [0.717, 1.165) is 19.3 Å². The molecule has 1 amide bonds. The predicted molar refractivity (Wildman–Crippen MR) is 68.0 cm³/mol. The number of hydrogen-bond acceptors (Lipinski definition) is 2. The summed E-state index contributed by atoms with van der Waals surface area (Å²) < 4.78 is 1.44. The number of carbonyl (C=O) groups excluding carboxylic acids is 1. The zero-order valence-corrected chi connectivity index (χ0v) is 10.5. The van der Waals surface area contributed by atoms with Crippen LogP contribution in [0.15, 0.2) is 23.1 Å². The van der Waals surface area contributed by atoms with Crippen LogP contribution in [0.4, 0.5) is 0 Å². The van der Waals surface area contributed by atoms with Gasteiger partial charge in [0.25, 0.3) is 5.56 Å². The van der Waals surface area contributed by atoms with Crippen LogP contribution >= 0.6 is 0 Å². The Morgan fingerprint density at radius 2 is 2.18 bits per heavy atom. The summed E-state index contributed by atoms with van der Waals surface area (Å²) in [6.07, 6.45) is 4.88. The molecule has 0 aliphatic heterocycles. The van der Waals surface area contributed by atoms with E-state index in [1.54, 1.807) is 25.3 Å². The van der Waals surface area contributed by atoms with E-state index in [1.807, 2.05) is 0 Å². The summed E-state index contributed by atoms with van der Waals surface area (Å²) in [4.78, 5) is 23.2. The first-order valence-corrected chi connectivity index (χ1v) is 6.08. The highest BCUT2D eigenvalue weighted by molar-refractivity contribution is 5.75. The zero-order valence-electron chi connectivity index (χ0n) is 10.5. The van der Waals surface area contributed by atoms with Crippen LogP contribution in [0.3, 0.4) is 0 Å². The van der Waals surface area contributed by atoms with Gasteiger partial charge in [0.1, 0.15) is 6.54 Å². The Morgan fingerprint density at radius 1 is 1.41 bits per heavy atom. The number of nitrogens with one attached hydrogen (secondary N) is 1. The fraction of sp³-hybridized carbons (Fsp3) is 0.538. The number of hydrogen-bond donors (Lipinski definition) is 1. The summed E-state index contributed by atoms with van der Waals surface area (Å²) >= 11 is 0. The molecule has 0 saturated heterocycles. The van der Waals surface area contributed by atoms with Gasteiger partial charge < -0.3 is 9.88 Å². The number of pyridine rings is 1. The molecule has 0 fully saturated rings. The van der Waals surface area contributed by atoms with Crippen molar-refractivity contribution in [3.05, 3.63) is 34.2 Å². The fourth-order valence-electron chi connectivity index (χ4n) is 1.59. The lowest BCUT2D eigenvalue weighted by atomic mass is 10.2. The Kier molecular flexibility index (Phi) is 5.46. The van der Waals surface area contributed by atoms with Crippen molar-refractivity contribution >= 4 is 5.91 Å². The average Bonchev–Trinajstić information content (AvgIpc) is 2.31. The molecule has 0 radical (unpaired) electrons. The number of carbonyl (C=O) groups is 1. The topological polar surface area (TPSA) is 51.1 Å². The van der Waals surface area contributed by atoms with Gasteiger partial charge in [0.15, 0.2) is 0 Å². The smallest absolute Gasteiger partial charge is 0.253 e. The standard InChI is InChI=1S/C13H20N2O2/c1-3-4-5-8-14-12(16)10-15-9-6-7-11(2)13(15)17/h6-7,9H,3-5,8,10H2,1-2H3,(H,14,16). The van der Waals surface area contributed by atoms with Gasteiger partial charge in [-0.05, 0) is 19.4 Å². The Bertz CT molecular complexity index is 424. The number of unbranched alkanes of at least 4 members (excludes halogenated alkanes) is 2. The highest BCUT2D eigenvalue weighted by Crippen LogP contribution is 1.92. The normalized spacial score (nSPS) is 10.2. The molecular weight excluding hydrogens is 216 g/mol. The summed E-state index contributed by atoms with van der Waals surface area (Å²) in [5.41, 5.74) is 0.558. The second kappa shape index (κ2) is 6.89. The largest absolute Gasteiger partial charge is 0.355 e. The van der Waals surface area contributed by atoms with Gasteiger partial charge in [0.05, 0.1) is 0 Å². The molecule has 0 aromatic carbocycles. The molecule has 0 atom stereocenters. The van der Waals surface area contributed by atoms with Gasteiger partial charge in [-0.15, -0.1) is 0 Å². The maximum Gasteiger partial charge on any atom is 0.253 e. The van der Waals surface area contributed by atoms with Crippen molar-refractivity contribution in [1.29, 1.82) is 0 Å². The van der Waals surface area contributed by atoms with Gasteiger partial charge in [-0.3, -0.25) is 9.59 Å². The third-order valence-electron chi connectivity index (χ3n) is 2.63. The lowest BCUT2D eigenvalue weighted by Crippen LogP contribution is -2.33. The molecule has 0 bridgehead atoms. The Labute approximate surface area is 102 Å². The van der Waals surface area contributed by atoms with Crippen LogP contribution in [0.5, 0.6) is 0 Å². The molecule has 4 heteroatoms. The maximum absolute atomic E-state index is 11.7. The molecule has 0 saturated carbocycles. The molecule has 17 heavy (non-hydrogen) atoms. The second-order valence-corrected chi connectivity index (χ2v) is 4.18. The quantitative estimate of drug-likeness (QED) is 0.760. The summed E-state index contributed by atoms with van der Waals surface area (Å²) in [5.74, 6) is -0.103. The lowest BCUT2D eigenvalue weighted by molar-refractivity contribution is -0.121. The molecule has 1 N–H and O–H groups in total. The van der Waals surface area contributed by atoms with Gasteiger partial charge in [-0.2, -0.15) is 0 Å². The van der Waals surface area contributed by atoms with Crippen LogP contribution in [0.2, 0.25) is 0 Å². The summed E-state index contributed by atoms with van der Waals surface area (Å²) in [7, 11) is 0. The van der Waals surface area contributed by atoms with Crippen molar-refractivity contribution in [2.45, 2.75) is 39.7 Å². The third kappa shape index (κ3) is 4.43. The molecule has 94 valence electrons. The Balaban J connectivity index is 2.46. The number of amides is 1. The highest BCUT2D eigenvalue weighted by atomic mass is 16.2. The lowest BCUT2D eigenvalue weighted by Gasteiger charge is -2.07. The van der Waals surface area contributed by atoms with Crippen molar-refractivity contribution < 1.29 is 4.79 Å². The molecular formula is C13H20N2O2. The van der Waals surface area contributed by atoms with E-state index < -0.39 is 0 Å². The molecule has 1 aromatic heterocycles. The van der Waals surface area contributed by atoms with Crippen molar-refractivity contribution in [3.8, 4) is 0 Å². The first-order valence-electron chi connectivity index (χ1n) is 6.08. The van der Waals surface area contributed by atoms with E-state index in [2.05, 4.69) is 12.2 Å². The zero-order chi connectivity index (χ0) is 12.7. The van der Waals surface area contributed by atoms with Gasteiger partial charge >= 0.3 is 0 Å². The van der Waals surface area contributed by atoms with Crippen LogP contribution in [-0.2, 0) is 11.3 Å². The maximum atomic E-state index is 11.7. The third-order valence-corrected chi connectivity index (χ3v) is 2.63. The first-order chi connectivity index (χ1) is 8.15. The summed E-state index contributed by atoms with van der Waals surface area (Å²) in [6.45, 7) is 4.66. The van der Waals surface area contributed by atoms with Crippen molar-refractivity contribution in [2.24, 2.45) is 0 Å². The van der Waals surface area contributed by atoms with Crippen molar-refractivity contribution in [3.63, 3.8) is 0 Å². The van der Waals surface area contributed by atoms with E-state index in [0.29, 0.717) is 12.1 Å². The number of aromatic nitrogens is 1. The molecule has 1 heterocycles. The van der Waals surface area contributed by atoms with Gasteiger partial charge in [0, 0.05) is 18.3 Å². The summed E-state index contributed by atoms with van der Waals surface area (Å²) in [6, 6.07) is 3.53. The minimum atomic E-state index is -0.103. The Hall–Kier alpha value is -1.58. The van der Waals surface area contributed by atoms with E-state index >= 15 is 0 Å². The van der Waals surface area contributed by atoms with Crippen LogP contribution in [0, 0.1) is 6.92 Å². The number of aryl methyl sites for hydroxylation is 1. The minimum Gasteiger partial charge on any atom is -0.355 e. The molecule has 0 aliphatic rings. The fourth-order valence-corrected chi connectivity index (χ4v) is 1.59. The average molecular weight is 236 g/mol. The van der Waals surface area contributed by atoms with Crippen LogP contribution < -0.4 is 10.9 Å². The van der Waals surface area contributed by atoms with Gasteiger partial charge in [-0.1, -0.05) is 25.8 Å². The molecule has 4 nitrogen and oxygen atoms in total. The monoisotopic (exact) mass is 236 g/mol. The first kappa shape index (κ1) is 13.5. The van der Waals surface area contributed by atoms with E-state index in [4.69, 9.17) is 0 Å². The minimum absolute atomic E-state index is 0.101. The molecule has 0 unspecified atom stereocenters. The van der Waals surface area contributed by atoms with Crippen molar-refractivity contribution in [1.82, 2.24) is 9.88 Å².